The van der Waals surface area contributed by atoms with Gasteiger partial charge in [-0.2, -0.15) is 0 Å². The molecule has 2 aromatic rings. The van der Waals surface area contributed by atoms with Gasteiger partial charge in [0.1, 0.15) is 11.8 Å². The molecular weight excluding hydrogens is 214 g/mol. The third-order valence-corrected chi connectivity index (χ3v) is 2.25. The topological polar surface area (TPSA) is 51.0 Å². The molecule has 0 saturated carbocycles. The second-order valence-corrected chi connectivity index (χ2v) is 3.37. The molecule has 0 bridgehead atoms. The Kier molecular flexibility index (Phi) is 2.99. The molecule has 5 heteroatoms. The van der Waals surface area contributed by atoms with Gasteiger partial charge >= 0.3 is 0 Å². The van der Waals surface area contributed by atoms with Gasteiger partial charge in [-0.05, 0) is 30.8 Å². The van der Waals surface area contributed by atoms with Crippen molar-refractivity contribution in [3.05, 3.63) is 47.4 Å². The third kappa shape index (κ3) is 2.16. The maximum absolute atomic E-state index is 5.72. The number of nitrogens with one attached hydrogen (secondary N) is 1. The number of halogens is 1. The highest BCUT2D eigenvalue weighted by Gasteiger charge is 2.16. The first-order valence-electron chi connectivity index (χ1n) is 4.49. The molecule has 0 spiro atoms. The summed E-state index contributed by atoms with van der Waals surface area (Å²) >= 11 is 5.72. The van der Waals surface area contributed by atoms with E-state index in [1.807, 2.05) is 13.1 Å². The zero-order valence-electron chi connectivity index (χ0n) is 8.14. The highest BCUT2D eigenvalue weighted by atomic mass is 35.5. The molecule has 0 aliphatic carbocycles. The minimum absolute atomic E-state index is 0.119. The van der Waals surface area contributed by atoms with Crippen LogP contribution in [0.15, 0.2) is 35.1 Å². The van der Waals surface area contributed by atoms with E-state index >= 15 is 0 Å². The maximum Gasteiger partial charge on any atom is 0.193 e. The van der Waals surface area contributed by atoms with E-state index in [-0.39, 0.29) is 6.04 Å². The van der Waals surface area contributed by atoms with Crippen LogP contribution in [0.25, 0.3) is 0 Å². The lowest BCUT2D eigenvalue weighted by molar-refractivity contribution is 0.459. The normalized spacial score (nSPS) is 12.7. The molecule has 78 valence electrons. The molecule has 0 aliphatic heterocycles. The Balaban J connectivity index is 2.33. The summed E-state index contributed by atoms with van der Waals surface area (Å²) in [5, 5.41) is 3.46. The SMILES string of the molecule is CNC(c1cnccn1)c1ccc(Cl)o1. The summed E-state index contributed by atoms with van der Waals surface area (Å²) in [5.41, 5.74) is 0.797. The van der Waals surface area contributed by atoms with Crippen LogP contribution < -0.4 is 5.32 Å². The Labute approximate surface area is 92.3 Å². The van der Waals surface area contributed by atoms with E-state index in [0.29, 0.717) is 5.22 Å². The highest BCUT2D eigenvalue weighted by molar-refractivity contribution is 6.28. The van der Waals surface area contributed by atoms with Crippen LogP contribution in [0.1, 0.15) is 17.5 Å². The fourth-order valence-electron chi connectivity index (χ4n) is 1.38. The summed E-state index contributed by atoms with van der Waals surface area (Å²) in [6, 6.07) is 3.40. The molecule has 0 radical (unpaired) electrons. The zero-order valence-corrected chi connectivity index (χ0v) is 8.90. The zero-order chi connectivity index (χ0) is 10.7. The van der Waals surface area contributed by atoms with Crippen LogP contribution >= 0.6 is 11.6 Å². The molecule has 0 saturated heterocycles. The average Bonchev–Trinajstić information content (AvgIpc) is 2.68. The van der Waals surface area contributed by atoms with Gasteiger partial charge in [-0.25, -0.2) is 0 Å². The van der Waals surface area contributed by atoms with Crippen molar-refractivity contribution in [1.82, 2.24) is 15.3 Å². The van der Waals surface area contributed by atoms with Gasteiger partial charge in [0, 0.05) is 12.4 Å². The van der Waals surface area contributed by atoms with E-state index in [9.17, 15) is 0 Å². The van der Waals surface area contributed by atoms with E-state index < -0.39 is 0 Å². The second-order valence-electron chi connectivity index (χ2n) is 2.99. The number of hydrogen-bond donors (Lipinski definition) is 1. The molecule has 2 aromatic heterocycles. The van der Waals surface area contributed by atoms with Gasteiger partial charge in [0.15, 0.2) is 5.22 Å². The summed E-state index contributed by atoms with van der Waals surface area (Å²) in [4.78, 5) is 8.22. The van der Waals surface area contributed by atoms with E-state index in [1.165, 1.54) is 0 Å². The van der Waals surface area contributed by atoms with E-state index in [4.69, 9.17) is 16.0 Å². The van der Waals surface area contributed by atoms with Crippen molar-refractivity contribution in [1.29, 1.82) is 0 Å². The fraction of sp³-hybridized carbons (Fsp3) is 0.200. The molecular formula is C10H10ClN3O. The van der Waals surface area contributed by atoms with E-state index in [1.54, 1.807) is 24.7 Å². The smallest absolute Gasteiger partial charge is 0.193 e. The molecule has 4 nitrogen and oxygen atoms in total. The minimum atomic E-state index is -0.119. The van der Waals surface area contributed by atoms with Gasteiger partial charge < -0.3 is 9.73 Å². The van der Waals surface area contributed by atoms with Crippen molar-refractivity contribution in [3.63, 3.8) is 0 Å². The largest absolute Gasteiger partial charge is 0.448 e. The van der Waals surface area contributed by atoms with Gasteiger partial charge in [0.25, 0.3) is 0 Å². The van der Waals surface area contributed by atoms with Crippen LogP contribution in [0.4, 0.5) is 0 Å². The summed E-state index contributed by atoms with van der Waals surface area (Å²) in [7, 11) is 1.83. The first-order valence-corrected chi connectivity index (χ1v) is 4.87. The van der Waals surface area contributed by atoms with E-state index in [2.05, 4.69) is 15.3 Å². The van der Waals surface area contributed by atoms with Gasteiger partial charge in [-0.3, -0.25) is 9.97 Å². The Bertz CT molecular complexity index is 429. The molecule has 0 aromatic carbocycles. The molecule has 1 atom stereocenters. The summed E-state index contributed by atoms with van der Waals surface area (Å²) in [6.07, 6.45) is 4.97. The monoisotopic (exact) mass is 223 g/mol. The molecule has 1 unspecified atom stereocenters. The lowest BCUT2D eigenvalue weighted by Crippen LogP contribution is -2.18. The predicted molar refractivity (Wildman–Crippen MR) is 56.7 cm³/mol. The molecule has 15 heavy (non-hydrogen) atoms. The van der Waals surface area contributed by atoms with Gasteiger partial charge in [-0.1, -0.05) is 0 Å². The predicted octanol–water partition coefficient (Wildman–Crippen LogP) is 2.03. The van der Waals surface area contributed by atoms with Crippen LogP contribution in [-0.4, -0.2) is 17.0 Å². The summed E-state index contributed by atoms with van der Waals surface area (Å²) < 4.78 is 5.33. The van der Waals surface area contributed by atoms with Crippen molar-refractivity contribution >= 4 is 11.6 Å². The third-order valence-electron chi connectivity index (χ3n) is 2.05. The molecule has 2 rings (SSSR count). The first-order chi connectivity index (χ1) is 7.31. The number of rotatable bonds is 3. The first kappa shape index (κ1) is 10.1. The van der Waals surface area contributed by atoms with Crippen LogP contribution in [0.5, 0.6) is 0 Å². The average molecular weight is 224 g/mol. The summed E-state index contributed by atoms with van der Waals surface area (Å²) in [6.45, 7) is 0. The maximum atomic E-state index is 5.72. The Morgan fingerprint density at radius 1 is 1.40 bits per heavy atom. The minimum Gasteiger partial charge on any atom is -0.448 e. The van der Waals surface area contributed by atoms with E-state index in [0.717, 1.165) is 11.5 Å². The van der Waals surface area contributed by atoms with Crippen molar-refractivity contribution < 1.29 is 4.42 Å². The fourth-order valence-corrected chi connectivity index (χ4v) is 1.53. The van der Waals surface area contributed by atoms with Crippen molar-refractivity contribution in [2.24, 2.45) is 0 Å². The quantitative estimate of drug-likeness (QED) is 0.865. The Morgan fingerprint density at radius 3 is 2.80 bits per heavy atom. The molecule has 1 N–H and O–H groups in total. The van der Waals surface area contributed by atoms with Gasteiger partial charge in [-0.15, -0.1) is 0 Å². The number of nitrogens with zero attached hydrogens (tertiary/aromatic N) is 2. The number of aromatic nitrogens is 2. The van der Waals surface area contributed by atoms with Crippen LogP contribution in [0.3, 0.4) is 0 Å². The highest BCUT2D eigenvalue weighted by Crippen LogP contribution is 2.23. The van der Waals surface area contributed by atoms with Crippen LogP contribution in [0.2, 0.25) is 5.22 Å². The van der Waals surface area contributed by atoms with Gasteiger partial charge in [0.05, 0.1) is 11.9 Å². The Morgan fingerprint density at radius 2 is 2.27 bits per heavy atom. The number of hydrogen-bond acceptors (Lipinski definition) is 4. The van der Waals surface area contributed by atoms with Crippen LogP contribution in [0, 0.1) is 0 Å². The standard InChI is InChI=1S/C10H10ClN3O/c1-12-10(7-6-13-4-5-14-7)8-2-3-9(11)15-8/h2-6,10,12H,1H3. The molecule has 2 heterocycles. The second kappa shape index (κ2) is 4.42. The number of furan rings is 1. The molecule has 0 aliphatic rings. The van der Waals surface area contributed by atoms with Gasteiger partial charge in [0.2, 0.25) is 0 Å². The molecule has 0 amide bonds. The lowest BCUT2D eigenvalue weighted by Gasteiger charge is -2.11. The van der Waals surface area contributed by atoms with Crippen molar-refractivity contribution in [2.75, 3.05) is 7.05 Å². The van der Waals surface area contributed by atoms with Crippen molar-refractivity contribution in [3.8, 4) is 0 Å². The summed E-state index contributed by atoms with van der Waals surface area (Å²) in [5.74, 6) is 0.725. The molecule has 0 fully saturated rings. The lowest BCUT2D eigenvalue weighted by atomic mass is 10.1. The Hall–Kier alpha value is -1.39. The van der Waals surface area contributed by atoms with Crippen molar-refractivity contribution in [2.45, 2.75) is 6.04 Å². The van der Waals surface area contributed by atoms with Crippen LogP contribution in [-0.2, 0) is 0 Å².